The summed E-state index contributed by atoms with van der Waals surface area (Å²) in [5, 5.41) is 2.81. The number of amides is 1. The third-order valence-electron chi connectivity index (χ3n) is 4.82. The summed E-state index contributed by atoms with van der Waals surface area (Å²) < 4.78 is 20.8. The minimum Gasteiger partial charge on any atom is -0.385 e. The molecule has 1 heterocycles. The lowest BCUT2D eigenvalue weighted by Gasteiger charge is -2.16. The van der Waals surface area contributed by atoms with Gasteiger partial charge in [-0.3, -0.25) is 14.5 Å². The van der Waals surface area contributed by atoms with Gasteiger partial charge in [0.15, 0.2) is 5.78 Å². The molecule has 0 aliphatic carbocycles. The van der Waals surface area contributed by atoms with E-state index >= 15 is 0 Å². The van der Waals surface area contributed by atoms with Crippen LogP contribution in [0.3, 0.4) is 0 Å². The first-order valence-electron chi connectivity index (χ1n) is 9.67. The van der Waals surface area contributed by atoms with Crippen LogP contribution in [0.5, 0.6) is 0 Å². The highest BCUT2D eigenvalue weighted by molar-refractivity contribution is 5.99. The van der Waals surface area contributed by atoms with Crippen molar-refractivity contribution in [3.63, 3.8) is 0 Å². The van der Waals surface area contributed by atoms with E-state index < -0.39 is 0 Å². The van der Waals surface area contributed by atoms with E-state index in [1.165, 1.54) is 6.07 Å². The number of ether oxygens (including phenoxy) is 1. The van der Waals surface area contributed by atoms with E-state index in [4.69, 9.17) is 4.74 Å². The molecule has 7 heteroatoms. The summed E-state index contributed by atoms with van der Waals surface area (Å²) in [6, 6.07) is 6.86. The van der Waals surface area contributed by atoms with Crippen LogP contribution in [0.25, 0.3) is 5.69 Å². The predicted octanol–water partition coefficient (Wildman–Crippen LogP) is 2.81. The van der Waals surface area contributed by atoms with Crippen molar-refractivity contribution in [2.75, 3.05) is 40.4 Å². The number of ketones is 1. The lowest BCUT2D eigenvalue weighted by molar-refractivity contribution is -0.121. The van der Waals surface area contributed by atoms with E-state index in [2.05, 4.69) is 5.32 Å². The molecule has 0 fully saturated rings. The SMILES string of the molecule is COCCCNC(=O)CN(C)CC(=O)c1cc(C)n(-c2ccc(C)c(F)c2)c1C. The zero-order valence-corrected chi connectivity index (χ0v) is 17.8. The Morgan fingerprint density at radius 3 is 2.55 bits per heavy atom. The molecule has 1 N–H and O–H groups in total. The highest BCUT2D eigenvalue weighted by Crippen LogP contribution is 2.23. The summed E-state index contributed by atoms with van der Waals surface area (Å²) >= 11 is 0. The highest BCUT2D eigenvalue weighted by atomic mass is 19.1. The van der Waals surface area contributed by atoms with Gasteiger partial charge in [0, 0.05) is 42.9 Å². The lowest BCUT2D eigenvalue weighted by Crippen LogP contribution is -2.38. The molecule has 2 rings (SSSR count). The van der Waals surface area contributed by atoms with Gasteiger partial charge in [0.05, 0.1) is 13.1 Å². The zero-order chi connectivity index (χ0) is 21.6. The van der Waals surface area contributed by atoms with Crippen LogP contribution in [0.1, 0.15) is 33.7 Å². The topological polar surface area (TPSA) is 63.6 Å². The zero-order valence-electron chi connectivity index (χ0n) is 17.8. The molecule has 1 aromatic heterocycles. The van der Waals surface area contributed by atoms with E-state index in [-0.39, 0.29) is 30.6 Å². The smallest absolute Gasteiger partial charge is 0.234 e. The number of rotatable bonds is 10. The largest absolute Gasteiger partial charge is 0.385 e. The molecule has 0 unspecified atom stereocenters. The maximum absolute atomic E-state index is 14.0. The number of carbonyl (C=O) groups is 2. The number of hydrogen-bond acceptors (Lipinski definition) is 4. The molecular weight excluding hydrogens is 373 g/mol. The van der Waals surface area contributed by atoms with Gasteiger partial charge in [-0.25, -0.2) is 4.39 Å². The standard InChI is InChI=1S/C22H30FN3O3/c1-15-7-8-18(12-20(15)23)26-16(2)11-19(17(26)3)21(27)13-25(4)14-22(28)24-9-6-10-29-5/h7-8,11-12H,6,9-10,13-14H2,1-5H3,(H,24,28). The Bertz CT molecular complexity index is 876. The fourth-order valence-corrected chi connectivity index (χ4v) is 3.29. The van der Waals surface area contributed by atoms with E-state index in [1.807, 2.05) is 30.5 Å². The van der Waals surface area contributed by atoms with Crippen LogP contribution in [0.2, 0.25) is 0 Å². The molecule has 158 valence electrons. The van der Waals surface area contributed by atoms with Crippen LogP contribution < -0.4 is 5.32 Å². The first-order valence-corrected chi connectivity index (χ1v) is 9.67. The van der Waals surface area contributed by atoms with Crippen molar-refractivity contribution >= 4 is 11.7 Å². The summed E-state index contributed by atoms with van der Waals surface area (Å²) in [5.41, 5.74) is 3.46. The quantitative estimate of drug-likeness (QED) is 0.489. The van der Waals surface area contributed by atoms with Gasteiger partial charge in [-0.15, -0.1) is 0 Å². The molecule has 0 aliphatic heterocycles. The van der Waals surface area contributed by atoms with Crippen molar-refractivity contribution in [1.82, 2.24) is 14.8 Å². The summed E-state index contributed by atoms with van der Waals surface area (Å²) in [4.78, 5) is 26.4. The van der Waals surface area contributed by atoms with Gasteiger partial charge in [-0.05, 0) is 58.0 Å². The van der Waals surface area contributed by atoms with Crippen LogP contribution in [0, 0.1) is 26.6 Å². The first-order chi connectivity index (χ1) is 13.7. The Kier molecular flexibility index (Phi) is 8.10. The number of nitrogens with zero attached hydrogens (tertiary/aromatic N) is 2. The predicted molar refractivity (Wildman–Crippen MR) is 111 cm³/mol. The number of nitrogens with one attached hydrogen (secondary N) is 1. The number of carbonyl (C=O) groups excluding carboxylic acids is 2. The average molecular weight is 403 g/mol. The maximum atomic E-state index is 14.0. The van der Waals surface area contributed by atoms with Crippen molar-refractivity contribution in [3.05, 3.63) is 52.6 Å². The number of Topliss-reactive ketones (excluding diaryl/α,β-unsaturated/α-hetero) is 1. The van der Waals surface area contributed by atoms with E-state index in [0.29, 0.717) is 30.0 Å². The molecule has 0 radical (unpaired) electrons. The van der Waals surface area contributed by atoms with Gasteiger partial charge in [0.1, 0.15) is 5.82 Å². The summed E-state index contributed by atoms with van der Waals surface area (Å²) in [6.07, 6.45) is 0.747. The Balaban J connectivity index is 2.04. The highest BCUT2D eigenvalue weighted by Gasteiger charge is 2.19. The van der Waals surface area contributed by atoms with Crippen LogP contribution >= 0.6 is 0 Å². The number of halogens is 1. The Morgan fingerprint density at radius 1 is 1.17 bits per heavy atom. The number of benzene rings is 1. The monoisotopic (exact) mass is 403 g/mol. The third kappa shape index (κ3) is 5.98. The minimum absolute atomic E-state index is 0.0772. The van der Waals surface area contributed by atoms with Crippen molar-refractivity contribution in [2.24, 2.45) is 0 Å². The van der Waals surface area contributed by atoms with Crippen molar-refractivity contribution in [3.8, 4) is 5.69 Å². The minimum atomic E-state index is -0.279. The molecule has 1 amide bonds. The molecule has 1 aromatic carbocycles. The van der Waals surface area contributed by atoms with Gasteiger partial charge in [-0.1, -0.05) is 6.07 Å². The molecular formula is C22H30FN3O3. The van der Waals surface area contributed by atoms with E-state index in [1.54, 1.807) is 32.0 Å². The number of likely N-dealkylation sites (N-methyl/N-ethyl adjacent to an activating group) is 1. The van der Waals surface area contributed by atoms with Crippen molar-refractivity contribution in [1.29, 1.82) is 0 Å². The fraction of sp³-hybridized carbons (Fsp3) is 0.455. The molecule has 6 nitrogen and oxygen atoms in total. The Morgan fingerprint density at radius 2 is 1.90 bits per heavy atom. The fourth-order valence-electron chi connectivity index (χ4n) is 3.29. The Hall–Kier alpha value is -2.51. The van der Waals surface area contributed by atoms with Crippen molar-refractivity contribution in [2.45, 2.75) is 27.2 Å². The third-order valence-corrected chi connectivity index (χ3v) is 4.82. The first kappa shape index (κ1) is 22.8. The second kappa shape index (κ2) is 10.3. The van der Waals surface area contributed by atoms with E-state index in [0.717, 1.165) is 17.8 Å². The van der Waals surface area contributed by atoms with Crippen LogP contribution in [0.4, 0.5) is 4.39 Å². The molecule has 0 bridgehead atoms. The van der Waals surface area contributed by atoms with E-state index in [9.17, 15) is 14.0 Å². The molecule has 0 spiro atoms. The van der Waals surface area contributed by atoms with Crippen molar-refractivity contribution < 1.29 is 18.7 Å². The van der Waals surface area contributed by atoms with Gasteiger partial charge in [0.25, 0.3) is 0 Å². The normalized spacial score (nSPS) is 11.1. The second-order valence-electron chi connectivity index (χ2n) is 7.35. The summed E-state index contributed by atoms with van der Waals surface area (Å²) in [7, 11) is 3.36. The molecule has 29 heavy (non-hydrogen) atoms. The maximum Gasteiger partial charge on any atom is 0.234 e. The Labute approximate surface area is 171 Å². The molecule has 0 aliphatic rings. The van der Waals surface area contributed by atoms with Gasteiger partial charge >= 0.3 is 0 Å². The molecule has 2 aromatic rings. The lowest BCUT2D eigenvalue weighted by atomic mass is 10.1. The van der Waals surface area contributed by atoms with Crippen LogP contribution in [-0.4, -0.2) is 61.6 Å². The van der Waals surface area contributed by atoms with Gasteiger partial charge in [-0.2, -0.15) is 0 Å². The number of hydrogen-bond donors (Lipinski definition) is 1. The summed E-state index contributed by atoms with van der Waals surface area (Å²) in [5.74, 6) is -0.484. The molecule has 0 atom stereocenters. The molecule has 0 saturated carbocycles. The number of methoxy groups -OCH3 is 1. The van der Waals surface area contributed by atoms with Gasteiger partial charge < -0.3 is 14.6 Å². The average Bonchev–Trinajstić information content (AvgIpc) is 2.95. The van der Waals surface area contributed by atoms with Crippen LogP contribution in [0.15, 0.2) is 24.3 Å². The second-order valence-corrected chi connectivity index (χ2v) is 7.35. The summed E-state index contributed by atoms with van der Waals surface area (Å²) in [6.45, 7) is 6.85. The van der Waals surface area contributed by atoms with Crippen LogP contribution in [-0.2, 0) is 9.53 Å². The number of aryl methyl sites for hydroxylation is 2. The van der Waals surface area contributed by atoms with Gasteiger partial charge in [0.2, 0.25) is 5.91 Å². The molecule has 0 saturated heterocycles. The number of aromatic nitrogens is 1.